The molecule has 1 fully saturated rings. The summed E-state index contributed by atoms with van der Waals surface area (Å²) in [5.41, 5.74) is 7.88. The molecule has 1 heterocycles. The smallest absolute Gasteiger partial charge is 0.254 e. The van der Waals surface area contributed by atoms with Crippen molar-refractivity contribution in [3.05, 3.63) is 59.1 Å². The Morgan fingerprint density at radius 3 is 2.66 bits per heavy atom. The summed E-state index contributed by atoms with van der Waals surface area (Å²) in [5, 5.41) is 3.16. The lowest BCUT2D eigenvalue weighted by Crippen LogP contribution is -2.40. The number of hydrogen-bond acceptors (Lipinski definition) is 5. The molecule has 3 aromatic rings. The van der Waals surface area contributed by atoms with E-state index in [0.717, 1.165) is 31.7 Å². The van der Waals surface area contributed by atoms with Crippen LogP contribution in [0.1, 0.15) is 36.0 Å². The summed E-state index contributed by atoms with van der Waals surface area (Å²) in [7, 11) is 0. The molecule has 1 aliphatic carbocycles. The molecule has 0 bridgehead atoms. The number of aromatic nitrogens is 2. The molecule has 6 nitrogen and oxygen atoms in total. The van der Waals surface area contributed by atoms with Crippen molar-refractivity contribution in [3.8, 4) is 5.75 Å². The number of rotatable bonds is 4. The number of nitrogens with two attached hydrogens (primary N) is 1. The molecule has 0 saturated heterocycles. The van der Waals surface area contributed by atoms with Crippen LogP contribution in [0.15, 0.2) is 42.7 Å². The fourth-order valence-corrected chi connectivity index (χ4v) is 3.75. The van der Waals surface area contributed by atoms with Gasteiger partial charge < -0.3 is 15.8 Å². The number of anilines is 1. The molecule has 0 atom stereocenters. The van der Waals surface area contributed by atoms with E-state index < -0.39 is 11.7 Å². The van der Waals surface area contributed by atoms with E-state index >= 15 is 0 Å². The summed E-state index contributed by atoms with van der Waals surface area (Å²) in [6, 6.07) is 7.53. The van der Waals surface area contributed by atoms with Gasteiger partial charge in [0.1, 0.15) is 17.1 Å². The van der Waals surface area contributed by atoms with E-state index in [2.05, 4.69) is 15.3 Å². The Balaban J connectivity index is 1.37. The van der Waals surface area contributed by atoms with Gasteiger partial charge >= 0.3 is 0 Å². The van der Waals surface area contributed by atoms with Gasteiger partial charge in [0.15, 0.2) is 0 Å². The number of carbonyl (C=O) groups excluding carboxylic acids is 1. The predicted octanol–water partition coefficient (Wildman–Crippen LogP) is 4.12. The third kappa shape index (κ3) is 4.40. The second kappa shape index (κ2) is 8.21. The first-order chi connectivity index (χ1) is 14.0. The molecule has 0 aliphatic heterocycles. The maximum atomic E-state index is 13.9. The Hall–Kier alpha value is -2.93. The quantitative estimate of drug-likeness (QED) is 0.626. The van der Waals surface area contributed by atoms with E-state index in [4.69, 9.17) is 22.1 Å². The number of benzene rings is 2. The van der Waals surface area contributed by atoms with E-state index in [1.165, 1.54) is 12.1 Å². The molecule has 3 N–H and O–H groups in total. The SMILES string of the molecule is Nc1cc(OC2CCC(NC(=O)c3ccc(Cl)cc3F)CC2)c2nccnc2c1. The number of nitrogen functional groups attached to an aromatic ring is 1. The maximum Gasteiger partial charge on any atom is 0.254 e. The van der Waals surface area contributed by atoms with Gasteiger partial charge in [-0.05, 0) is 49.9 Å². The zero-order chi connectivity index (χ0) is 20.4. The Labute approximate surface area is 172 Å². The zero-order valence-corrected chi connectivity index (χ0v) is 16.3. The van der Waals surface area contributed by atoms with Crippen LogP contribution in [0.4, 0.5) is 10.1 Å². The molecule has 150 valence electrons. The van der Waals surface area contributed by atoms with Gasteiger partial charge in [0, 0.05) is 35.2 Å². The molecule has 0 radical (unpaired) electrons. The Kier molecular flexibility index (Phi) is 5.49. The van der Waals surface area contributed by atoms with Gasteiger partial charge in [-0.1, -0.05) is 11.6 Å². The number of nitrogens with zero attached hydrogens (tertiary/aromatic N) is 2. The molecule has 8 heteroatoms. The molecule has 0 unspecified atom stereocenters. The highest BCUT2D eigenvalue weighted by Gasteiger charge is 2.25. The molecular weight excluding hydrogens is 395 g/mol. The molecule has 1 aromatic heterocycles. The highest BCUT2D eigenvalue weighted by Crippen LogP contribution is 2.30. The summed E-state index contributed by atoms with van der Waals surface area (Å²) in [6.07, 6.45) is 6.20. The predicted molar refractivity (Wildman–Crippen MR) is 109 cm³/mol. The van der Waals surface area contributed by atoms with E-state index in [1.54, 1.807) is 24.5 Å². The van der Waals surface area contributed by atoms with E-state index in [1.807, 2.05) is 0 Å². The van der Waals surface area contributed by atoms with Crippen molar-refractivity contribution in [3.63, 3.8) is 0 Å². The molecule has 4 rings (SSSR count). The fourth-order valence-electron chi connectivity index (χ4n) is 3.59. The number of carbonyl (C=O) groups is 1. The van der Waals surface area contributed by atoms with Crippen LogP contribution in [0.5, 0.6) is 5.75 Å². The highest BCUT2D eigenvalue weighted by molar-refractivity contribution is 6.30. The molecule has 29 heavy (non-hydrogen) atoms. The largest absolute Gasteiger partial charge is 0.488 e. The minimum atomic E-state index is -0.623. The van der Waals surface area contributed by atoms with E-state index in [9.17, 15) is 9.18 Å². The summed E-state index contributed by atoms with van der Waals surface area (Å²) in [5.74, 6) is -0.439. The van der Waals surface area contributed by atoms with Crippen molar-refractivity contribution >= 4 is 34.2 Å². The lowest BCUT2D eigenvalue weighted by atomic mass is 9.92. The normalized spacial score (nSPS) is 19.1. The van der Waals surface area contributed by atoms with Gasteiger partial charge in [0.05, 0.1) is 17.2 Å². The zero-order valence-electron chi connectivity index (χ0n) is 15.6. The molecule has 1 amide bonds. The lowest BCUT2D eigenvalue weighted by Gasteiger charge is -2.29. The van der Waals surface area contributed by atoms with Crippen molar-refractivity contribution in [2.45, 2.75) is 37.8 Å². The van der Waals surface area contributed by atoms with Crippen LogP contribution in [0, 0.1) is 5.82 Å². The average Bonchev–Trinajstić information content (AvgIpc) is 2.69. The van der Waals surface area contributed by atoms with Gasteiger partial charge in [-0.2, -0.15) is 0 Å². The number of ether oxygens (including phenoxy) is 1. The van der Waals surface area contributed by atoms with Crippen molar-refractivity contribution < 1.29 is 13.9 Å². The van der Waals surface area contributed by atoms with Crippen LogP contribution in [0.25, 0.3) is 11.0 Å². The third-order valence-corrected chi connectivity index (χ3v) is 5.27. The average molecular weight is 415 g/mol. The summed E-state index contributed by atoms with van der Waals surface area (Å²) in [4.78, 5) is 21.0. The minimum absolute atomic E-state index is 0.00224. The van der Waals surface area contributed by atoms with Crippen LogP contribution in [0.2, 0.25) is 5.02 Å². The van der Waals surface area contributed by atoms with Crippen molar-refractivity contribution in [1.29, 1.82) is 0 Å². The number of amides is 1. The third-order valence-electron chi connectivity index (χ3n) is 5.04. The first kappa shape index (κ1) is 19.4. The molecular formula is C21H20ClFN4O2. The Bertz CT molecular complexity index is 1050. The Morgan fingerprint density at radius 2 is 1.90 bits per heavy atom. The Morgan fingerprint density at radius 1 is 1.14 bits per heavy atom. The van der Waals surface area contributed by atoms with Crippen LogP contribution in [-0.4, -0.2) is 28.0 Å². The summed E-state index contributed by atoms with van der Waals surface area (Å²) < 4.78 is 20.1. The van der Waals surface area contributed by atoms with Crippen LogP contribution >= 0.6 is 11.6 Å². The number of fused-ring (bicyclic) bond motifs is 1. The lowest BCUT2D eigenvalue weighted by molar-refractivity contribution is 0.0891. The standard InChI is InChI=1S/C21H20ClFN4O2/c22-12-1-6-16(17(23)9-12)21(28)27-14-2-4-15(5-3-14)29-19-11-13(24)10-18-20(19)26-8-7-25-18/h1,6-11,14-15H,2-5,24H2,(H,27,28). The monoisotopic (exact) mass is 414 g/mol. The van der Waals surface area contributed by atoms with Crippen molar-refractivity contribution in [2.75, 3.05) is 5.73 Å². The molecule has 1 saturated carbocycles. The van der Waals surface area contributed by atoms with Crippen molar-refractivity contribution in [2.24, 2.45) is 0 Å². The van der Waals surface area contributed by atoms with Gasteiger partial charge in [-0.3, -0.25) is 9.78 Å². The number of nitrogens with one attached hydrogen (secondary N) is 1. The topological polar surface area (TPSA) is 90.1 Å². The maximum absolute atomic E-state index is 13.9. The first-order valence-electron chi connectivity index (χ1n) is 9.42. The number of hydrogen-bond donors (Lipinski definition) is 2. The highest BCUT2D eigenvalue weighted by atomic mass is 35.5. The summed E-state index contributed by atoms with van der Waals surface area (Å²) >= 11 is 5.74. The van der Waals surface area contributed by atoms with Gasteiger partial charge in [-0.15, -0.1) is 0 Å². The molecule has 1 aliphatic rings. The summed E-state index contributed by atoms with van der Waals surface area (Å²) in [6.45, 7) is 0. The second-order valence-corrected chi connectivity index (χ2v) is 7.57. The second-order valence-electron chi connectivity index (χ2n) is 7.13. The van der Waals surface area contributed by atoms with E-state index in [0.29, 0.717) is 22.5 Å². The fraction of sp³-hybridized carbons (Fsp3) is 0.286. The van der Waals surface area contributed by atoms with Crippen LogP contribution in [-0.2, 0) is 0 Å². The molecule has 2 aromatic carbocycles. The van der Waals surface area contributed by atoms with Gasteiger partial charge in [-0.25, -0.2) is 9.37 Å². The molecule has 0 spiro atoms. The van der Waals surface area contributed by atoms with Gasteiger partial charge in [0.25, 0.3) is 5.91 Å². The number of halogens is 2. The first-order valence-corrected chi connectivity index (χ1v) is 9.80. The minimum Gasteiger partial charge on any atom is -0.488 e. The van der Waals surface area contributed by atoms with Crippen molar-refractivity contribution in [1.82, 2.24) is 15.3 Å². The van der Waals surface area contributed by atoms with Crippen LogP contribution in [0.3, 0.4) is 0 Å². The van der Waals surface area contributed by atoms with E-state index in [-0.39, 0.29) is 22.7 Å². The van der Waals surface area contributed by atoms with Gasteiger partial charge in [0.2, 0.25) is 0 Å². The van der Waals surface area contributed by atoms with Crippen LogP contribution < -0.4 is 15.8 Å².